The van der Waals surface area contributed by atoms with Crippen molar-refractivity contribution in [2.45, 2.75) is 19.4 Å². The maximum atomic E-state index is 13.0. The minimum atomic E-state index is -0.524. The van der Waals surface area contributed by atoms with Crippen LogP contribution in [0.2, 0.25) is 0 Å². The van der Waals surface area contributed by atoms with Crippen LogP contribution in [0, 0.1) is 5.82 Å². The SMILES string of the molecule is COC(=O)NCCC(=O)N1CCCN(Cc2ccc(F)cc2)CC1. The summed E-state index contributed by atoms with van der Waals surface area (Å²) in [6.07, 6.45) is 0.647. The fourth-order valence-electron chi connectivity index (χ4n) is 2.73. The van der Waals surface area contributed by atoms with Crippen molar-refractivity contribution in [3.05, 3.63) is 35.6 Å². The first-order chi connectivity index (χ1) is 11.6. The minimum Gasteiger partial charge on any atom is -0.453 e. The molecule has 1 aliphatic heterocycles. The molecule has 0 saturated carbocycles. The van der Waals surface area contributed by atoms with Gasteiger partial charge < -0.3 is 15.0 Å². The third-order valence-electron chi connectivity index (χ3n) is 4.05. The van der Waals surface area contributed by atoms with Crippen molar-refractivity contribution in [2.24, 2.45) is 0 Å². The highest BCUT2D eigenvalue weighted by Gasteiger charge is 2.19. The summed E-state index contributed by atoms with van der Waals surface area (Å²) in [6.45, 7) is 4.11. The number of benzene rings is 1. The molecule has 1 saturated heterocycles. The Morgan fingerprint density at radius 2 is 1.92 bits per heavy atom. The molecule has 0 bridgehead atoms. The molecule has 1 heterocycles. The number of carbonyl (C=O) groups excluding carboxylic acids is 2. The number of nitrogens with one attached hydrogen (secondary N) is 1. The van der Waals surface area contributed by atoms with Gasteiger partial charge in [-0.3, -0.25) is 9.69 Å². The van der Waals surface area contributed by atoms with Crippen molar-refractivity contribution in [1.29, 1.82) is 0 Å². The van der Waals surface area contributed by atoms with Crippen LogP contribution >= 0.6 is 0 Å². The van der Waals surface area contributed by atoms with E-state index in [-0.39, 0.29) is 24.7 Å². The Labute approximate surface area is 141 Å². The number of methoxy groups -OCH3 is 1. The van der Waals surface area contributed by atoms with Crippen LogP contribution < -0.4 is 5.32 Å². The van der Waals surface area contributed by atoms with Gasteiger partial charge in [0.1, 0.15) is 5.82 Å². The Hall–Kier alpha value is -2.15. The molecule has 0 unspecified atom stereocenters. The molecule has 0 spiro atoms. The first kappa shape index (κ1) is 18.2. The molecule has 2 rings (SSSR count). The van der Waals surface area contributed by atoms with Gasteiger partial charge in [-0.05, 0) is 24.1 Å². The quantitative estimate of drug-likeness (QED) is 0.887. The Kier molecular flexibility index (Phi) is 6.99. The van der Waals surface area contributed by atoms with E-state index in [4.69, 9.17) is 0 Å². The van der Waals surface area contributed by atoms with Crippen molar-refractivity contribution < 1.29 is 18.7 Å². The Balaban J connectivity index is 1.76. The zero-order chi connectivity index (χ0) is 17.4. The van der Waals surface area contributed by atoms with Gasteiger partial charge in [0.15, 0.2) is 0 Å². The molecule has 1 aromatic rings. The summed E-state index contributed by atoms with van der Waals surface area (Å²) in [6, 6.07) is 6.53. The van der Waals surface area contributed by atoms with Gasteiger partial charge in [0.25, 0.3) is 0 Å². The molecule has 1 aliphatic rings. The van der Waals surface area contributed by atoms with Gasteiger partial charge in [0, 0.05) is 45.7 Å². The highest BCUT2D eigenvalue weighted by Crippen LogP contribution is 2.10. The van der Waals surface area contributed by atoms with Gasteiger partial charge in [-0.1, -0.05) is 12.1 Å². The lowest BCUT2D eigenvalue weighted by Crippen LogP contribution is -2.37. The highest BCUT2D eigenvalue weighted by atomic mass is 19.1. The van der Waals surface area contributed by atoms with Gasteiger partial charge in [-0.2, -0.15) is 0 Å². The Morgan fingerprint density at radius 3 is 2.62 bits per heavy atom. The van der Waals surface area contributed by atoms with E-state index in [1.165, 1.54) is 19.2 Å². The van der Waals surface area contributed by atoms with E-state index >= 15 is 0 Å². The zero-order valence-corrected chi connectivity index (χ0v) is 14.0. The first-order valence-electron chi connectivity index (χ1n) is 8.15. The van der Waals surface area contributed by atoms with Crippen molar-refractivity contribution >= 4 is 12.0 Å². The van der Waals surface area contributed by atoms with E-state index in [2.05, 4.69) is 15.0 Å². The van der Waals surface area contributed by atoms with Crippen molar-refractivity contribution in [2.75, 3.05) is 39.8 Å². The average Bonchev–Trinajstić information content (AvgIpc) is 2.82. The Morgan fingerprint density at radius 1 is 1.17 bits per heavy atom. The highest BCUT2D eigenvalue weighted by molar-refractivity contribution is 5.77. The number of ether oxygens (including phenoxy) is 1. The molecular weight excluding hydrogens is 313 g/mol. The summed E-state index contributed by atoms with van der Waals surface area (Å²) in [4.78, 5) is 27.3. The van der Waals surface area contributed by atoms with E-state index in [9.17, 15) is 14.0 Å². The van der Waals surface area contributed by atoms with Crippen LogP contribution in [0.3, 0.4) is 0 Å². The fourth-order valence-corrected chi connectivity index (χ4v) is 2.73. The van der Waals surface area contributed by atoms with Crippen LogP contribution in [-0.4, -0.2) is 61.6 Å². The zero-order valence-electron chi connectivity index (χ0n) is 14.0. The summed E-state index contributed by atoms with van der Waals surface area (Å²) < 4.78 is 17.4. The molecule has 2 amide bonds. The van der Waals surface area contributed by atoms with Crippen LogP contribution in [0.5, 0.6) is 0 Å². The van der Waals surface area contributed by atoms with Crippen molar-refractivity contribution in [1.82, 2.24) is 15.1 Å². The summed E-state index contributed by atoms with van der Waals surface area (Å²) >= 11 is 0. The van der Waals surface area contributed by atoms with Crippen LogP contribution in [-0.2, 0) is 16.1 Å². The maximum Gasteiger partial charge on any atom is 0.406 e. The summed E-state index contributed by atoms with van der Waals surface area (Å²) in [5.41, 5.74) is 1.07. The monoisotopic (exact) mass is 337 g/mol. The third-order valence-corrected chi connectivity index (χ3v) is 4.05. The lowest BCUT2D eigenvalue weighted by atomic mass is 10.2. The number of carbonyl (C=O) groups is 2. The van der Waals surface area contributed by atoms with Crippen LogP contribution in [0.15, 0.2) is 24.3 Å². The minimum absolute atomic E-state index is 0.0371. The van der Waals surface area contributed by atoms with E-state index in [0.717, 1.165) is 38.2 Å². The smallest absolute Gasteiger partial charge is 0.406 e. The van der Waals surface area contributed by atoms with Crippen LogP contribution in [0.25, 0.3) is 0 Å². The van der Waals surface area contributed by atoms with E-state index < -0.39 is 6.09 Å². The molecule has 1 aromatic carbocycles. The molecule has 0 atom stereocenters. The molecule has 1 fully saturated rings. The Bertz CT molecular complexity index is 551. The normalized spacial score (nSPS) is 15.7. The third kappa shape index (κ3) is 5.81. The first-order valence-corrected chi connectivity index (χ1v) is 8.15. The van der Waals surface area contributed by atoms with Gasteiger partial charge >= 0.3 is 6.09 Å². The number of rotatable bonds is 5. The predicted octanol–water partition coefficient (Wildman–Crippen LogP) is 1.61. The maximum absolute atomic E-state index is 13.0. The van der Waals surface area contributed by atoms with Crippen molar-refractivity contribution in [3.63, 3.8) is 0 Å². The molecule has 7 heteroatoms. The fraction of sp³-hybridized carbons (Fsp3) is 0.529. The second-order valence-electron chi connectivity index (χ2n) is 5.81. The van der Waals surface area contributed by atoms with Gasteiger partial charge in [-0.25, -0.2) is 9.18 Å². The number of alkyl carbamates (subject to hydrolysis) is 1. The van der Waals surface area contributed by atoms with Gasteiger partial charge in [0.2, 0.25) is 5.91 Å². The topological polar surface area (TPSA) is 61.9 Å². The van der Waals surface area contributed by atoms with Crippen LogP contribution in [0.4, 0.5) is 9.18 Å². The van der Waals surface area contributed by atoms with Gasteiger partial charge in [-0.15, -0.1) is 0 Å². The lowest BCUT2D eigenvalue weighted by molar-refractivity contribution is -0.130. The second kappa shape index (κ2) is 9.22. The summed E-state index contributed by atoms with van der Waals surface area (Å²) in [5.74, 6) is -0.193. The molecular formula is C17H24FN3O3. The molecule has 24 heavy (non-hydrogen) atoms. The van der Waals surface area contributed by atoms with E-state index in [1.54, 1.807) is 12.1 Å². The molecule has 0 aromatic heterocycles. The number of nitrogens with zero attached hydrogens (tertiary/aromatic N) is 2. The lowest BCUT2D eigenvalue weighted by Gasteiger charge is -2.22. The van der Waals surface area contributed by atoms with E-state index in [1.807, 2.05) is 4.90 Å². The summed E-state index contributed by atoms with van der Waals surface area (Å²) in [5, 5.41) is 2.51. The predicted molar refractivity (Wildman–Crippen MR) is 87.9 cm³/mol. The standard InChI is InChI=1S/C17H24FN3O3/c1-24-17(23)19-8-7-16(22)21-10-2-9-20(11-12-21)13-14-3-5-15(18)6-4-14/h3-6H,2,7-13H2,1H3,(H,19,23). The van der Waals surface area contributed by atoms with Crippen molar-refractivity contribution in [3.8, 4) is 0 Å². The molecule has 132 valence electrons. The second-order valence-corrected chi connectivity index (χ2v) is 5.81. The number of hydrogen-bond donors (Lipinski definition) is 1. The van der Waals surface area contributed by atoms with E-state index in [0.29, 0.717) is 6.54 Å². The average molecular weight is 337 g/mol. The molecule has 1 N–H and O–H groups in total. The largest absolute Gasteiger partial charge is 0.453 e. The number of hydrogen-bond acceptors (Lipinski definition) is 4. The molecule has 0 radical (unpaired) electrons. The number of amides is 2. The van der Waals surface area contributed by atoms with Gasteiger partial charge in [0.05, 0.1) is 7.11 Å². The number of halogens is 1. The molecule has 6 nitrogen and oxygen atoms in total. The summed E-state index contributed by atoms with van der Waals surface area (Å²) in [7, 11) is 1.29. The molecule has 0 aliphatic carbocycles. The van der Waals surface area contributed by atoms with Crippen LogP contribution in [0.1, 0.15) is 18.4 Å².